The van der Waals surface area contributed by atoms with E-state index in [0.29, 0.717) is 6.54 Å². The predicted octanol–water partition coefficient (Wildman–Crippen LogP) is 2.12. The maximum atomic E-state index is 10.7. The number of anilines is 2. The number of rotatable bonds is 6. The molecule has 0 radical (unpaired) electrons. The molecule has 0 saturated carbocycles. The van der Waals surface area contributed by atoms with Crippen molar-refractivity contribution in [2.24, 2.45) is 5.92 Å². The van der Waals surface area contributed by atoms with Gasteiger partial charge in [-0.3, -0.25) is 4.79 Å². The second-order valence-electron chi connectivity index (χ2n) is 5.77. The Morgan fingerprint density at radius 1 is 1.50 bits per heavy atom. The lowest BCUT2D eigenvalue weighted by atomic mass is 9.99. The van der Waals surface area contributed by atoms with E-state index in [1.54, 1.807) is 11.1 Å². The zero-order valence-corrected chi connectivity index (χ0v) is 12.9. The Labute approximate surface area is 131 Å². The molecule has 1 aliphatic heterocycles. The number of carboxylic acids is 1. The normalized spacial score (nSPS) is 15.4. The summed E-state index contributed by atoms with van der Waals surface area (Å²) in [5.74, 6) is 0.860. The van der Waals surface area contributed by atoms with E-state index in [9.17, 15) is 4.79 Å². The van der Waals surface area contributed by atoms with Crippen LogP contribution in [0.5, 0.6) is 0 Å². The topological polar surface area (TPSA) is 80.5 Å². The molecule has 2 heterocycles. The van der Waals surface area contributed by atoms with Crippen molar-refractivity contribution in [3.05, 3.63) is 18.3 Å². The summed E-state index contributed by atoms with van der Waals surface area (Å²) in [4.78, 5) is 19.2. The van der Waals surface area contributed by atoms with Gasteiger partial charge in [-0.25, -0.2) is 4.98 Å². The zero-order chi connectivity index (χ0) is 15.9. The van der Waals surface area contributed by atoms with Gasteiger partial charge in [-0.15, -0.1) is 0 Å². The Bertz CT molecular complexity index is 530. The molecule has 0 unspecified atom stereocenters. The molecule has 1 N–H and O–H groups in total. The summed E-state index contributed by atoms with van der Waals surface area (Å²) in [6, 6.07) is 5.94. The minimum atomic E-state index is -0.866. The third-order valence-electron chi connectivity index (χ3n) is 4.06. The van der Waals surface area contributed by atoms with Crippen molar-refractivity contribution in [1.82, 2.24) is 4.98 Å². The van der Waals surface area contributed by atoms with Gasteiger partial charge in [-0.2, -0.15) is 5.26 Å². The highest BCUT2D eigenvalue weighted by atomic mass is 16.4. The third kappa shape index (κ3) is 4.35. The van der Waals surface area contributed by atoms with Crippen molar-refractivity contribution in [3.8, 4) is 6.07 Å². The third-order valence-corrected chi connectivity index (χ3v) is 4.06. The summed E-state index contributed by atoms with van der Waals surface area (Å²) in [5.41, 5.74) is 0.789. The molecule has 22 heavy (non-hydrogen) atoms. The van der Waals surface area contributed by atoms with Gasteiger partial charge in [0.2, 0.25) is 0 Å². The zero-order valence-electron chi connectivity index (χ0n) is 12.9. The van der Waals surface area contributed by atoms with Gasteiger partial charge in [0, 0.05) is 19.6 Å². The number of pyridine rings is 1. The summed E-state index contributed by atoms with van der Waals surface area (Å²) in [6.07, 6.45) is 4.10. The minimum absolute atomic E-state index is 0.00739. The van der Waals surface area contributed by atoms with Gasteiger partial charge >= 0.3 is 5.97 Å². The van der Waals surface area contributed by atoms with Gasteiger partial charge in [-0.1, -0.05) is 6.92 Å². The summed E-state index contributed by atoms with van der Waals surface area (Å²) in [5, 5.41) is 17.7. The van der Waals surface area contributed by atoms with Crippen molar-refractivity contribution >= 4 is 17.5 Å². The molecule has 0 aliphatic carbocycles. The Balaban J connectivity index is 2.02. The molecule has 1 fully saturated rings. The first-order valence-corrected chi connectivity index (χ1v) is 7.65. The lowest BCUT2D eigenvalue weighted by molar-refractivity contribution is -0.136. The number of hydrogen-bond acceptors (Lipinski definition) is 5. The number of nitriles is 1. The first-order chi connectivity index (χ1) is 10.6. The van der Waals surface area contributed by atoms with Gasteiger partial charge in [0.25, 0.3) is 0 Å². The first-order valence-electron chi connectivity index (χ1n) is 7.65. The molecule has 2 rings (SSSR count). The smallest absolute Gasteiger partial charge is 0.305 e. The summed E-state index contributed by atoms with van der Waals surface area (Å²) >= 11 is 0. The minimum Gasteiger partial charge on any atom is -0.481 e. The monoisotopic (exact) mass is 302 g/mol. The molecule has 1 saturated heterocycles. The molecule has 1 aromatic rings. The molecule has 1 aliphatic rings. The van der Waals surface area contributed by atoms with Crippen LogP contribution in [-0.2, 0) is 4.79 Å². The second kappa shape index (κ2) is 7.64. The fourth-order valence-corrected chi connectivity index (χ4v) is 2.61. The van der Waals surface area contributed by atoms with E-state index in [2.05, 4.69) is 22.9 Å². The number of piperidine rings is 1. The number of carboxylic acid groups (broad SMARTS) is 1. The van der Waals surface area contributed by atoms with Crippen LogP contribution in [0, 0.1) is 17.2 Å². The van der Waals surface area contributed by atoms with Crippen LogP contribution in [0.1, 0.15) is 26.2 Å². The molecule has 6 heteroatoms. The van der Waals surface area contributed by atoms with Gasteiger partial charge in [0.15, 0.2) is 0 Å². The lowest BCUT2D eigenvalue weighted by Gasteiger charge is -2.31. The van der Waals surface area contributed by atoms with Crippen LogP contribution in [0.2, 0.25) is 0 Å². The Morgan fingerprint density at radius 3 is 2.77 bits per heavy atom. The van der Waals surface area contributed by atoms with Gasteiger partial charge in [0.1, 0.15) is 12.4 Å². The van der Waals surface area contributed by atoms with Crippen molar-refractivity contribution < 1.29 is 9.90 Å². The van der Waals surface area contributed by atoms with E-state index in [0.717, 1.165) is 30.5 Å². The van der Waals surface area contributed by atoms with Crippen LogP contribution in [0.25, 0.3) is 0 Å². The first kappa shape index (κ1) is 16.1. The highest BCUT2D eigenvalue weighted by Gasteiger charge is 2.17. The molecule has 118 valence electrons. The van der Waals surface area contributed by atoms with Crippen LogP contribution in [0.15, 0.2) is 18.3 Å². The molecular weight excluding hydrogens is 280 g/mol. The number of hydrogen-bond donors (Lipinski definition) is 1. The van der Waals surface area contributed by atoms with Crippen LogP contribution in [-0.4, -0.2) is 42.2 Å². The number of aromatic nitrogens is 1. The van der Waals surface area contributed by atoms with E-state index >= 15 is 0 Å². The maximum absolute atomic E-state index is 10.7. The second-order valence-corrected chi connectivity index (χ2v) is 5.77. The highest BCUT2D eigenvalue weighted by molar-refractivity contribution is 5.67. The van der Waals surface area contributed by atoms with Crippen LogP contribution in [0.3, 0.4) is 0 Å². The van der Waals surface area contributed by atoms with E-state index in [1.807, 2.05) is 12.1 Å². The molecule has 0 spiro atoms. The molecule has 0 bridgehead atoms. The van der Waals surface area contributed by atoms with Crippen molar-refractivity contribution in [2.45, 2.75) is 26.2 Å². The average molecular weight is 302 g/mol. The maximum Gasteiger partial charge on any atom is 0.305 e. The van der Waals surface area contributed by atoms with Crippen LogP contribution >= 0.6 is 0 Å². The Morgan fingerprint density at radius 2 is 2.23 bits per heavy atom. The largest absolute Gasteiger partial charge is 0.481 e. The summed E-state index contributed by atoms with van der Waals surface area (Å²) in [7, 11) is 0. The molecule has 1 aromatic heterocycles. The number of nitrogens with zero attached hydrogens (tertiary/aromatic N) is 4. The summed E-state index contributed by atoms with van der Waals surface area (Å²) < 4.78 is 0. The van der Waals surface area contributed by atoms with E-state index in [4.69, 9.17) is 10.4 Å². The van der Waals surface area contributed by atoms with Crippen LogP contribution in [0.4, 0.5) is 11.5 Å². The molecule has 6 nitrogen and oxygen atoms in total. The average Bonchev–Trinajstić information content (AvgIpc) is 2.52. The fraction of sp³-hybridized carbons (Fsp3) is 0.562. The van der Waals surface area contributed by atoms with Crippen molar-refractivity contribution in [1.29, 1.82) is 5.26 Å². The van der Waals surface area contributed by atoms with Crippen LogP contribution < -0.4 is 9.80 Å². The SMILES string of the molecule is CC1CCN(c2ccc(N(CC#N)CCC(=O)O)cn2)CC1. The lowest BCUT2D eigenvalue weighted by Crippen LogP contribution is -2.33. The predicted molar refractivity (Wildman–Crippen MR) is 84.9 cm³/mol. The Kier molecular flexibility index (Phi) is 5.59. The Hall–Kier alpha value is -2.29. The van der Waals surface area contributed by atoms with Crippen molar-refractivity contribution in [2.75, 3.05) is 36.0 Å². The quantitative estimate of drug-likeness (QED) is 0.811. The molecule has 0 atom stereocenters. The fourth-order valence-electron chi connectivity index (χ4n) is 2.61. The molecule has 0 amide bonds. The standard InChI is InChI=1S/C16H22N4O2/c1-13-4-8-20(9-5-13)15-3-2-14(12-18-15)19(11-7-17)10-6-16(21)22/h2-3,12-13H,4-6,8-11H2,1H3,(H,21,22). The van der Waals surface area contributed by atoms with Gasteiger partial charge in [0.05, 0.1) is 24.4 Å². The van der Waals surface area contributed by atoms with Gasteiger partial charge in [-0.05, 0) is 30.9 Å². The molecule has 0 aromatic carbocycles. The highest BCUT2D eigenvalue weighted by Crippen LogP contribution is 2.23. The number of carbonyl (C=O) groups is 1. The van der Waals surface area contributed by atoms with E-state index < -0.39 is 5.97 Å². The van der Waals surface area contributed by atoms with Gasteiger partial charge < -0.3 is 14.9 Å². The van der Waals surface area contributed by atoms with Crippen molar-refractivity contribution in [3.63, 3.8) is 0 Å². The summed E-state index contributed by atoms with van der Waals surface area (Å²) in [6.45, 7) is 4.79. The number of aliphatic carboxylic acids is 1. The van der Waals surface area contributed by atoms with E-state index in [1.165, 1.54) is 12.8 Å². The molecular formula is C16H22N4O2. The van der Waals surface area contributed by atoms with E-state index in [-0.39, 0.29) is 13.0 Å².